The molecule has 4 nitrogen and oxygen atoms in total. The summed E-state index contributed by atoms with van der Waals surface area (Å²) < 4.78 is 5.02. The van der Waals surface area contributed by atoms with Crippen LogP contribution < -0.4 is 108 Å². The van der Waals surface area contributed by atoms with E-state index in [0.717, 1.165) is 0 Å². The average molecular weight is 262 g/mol. The van der Waals surface area contributed by atoms with Gasteiger partial charge in [-0.15, -0.1) is 0 Å². The second kappa shape index (κ2) is 9.58. The topological polar surface area (TPSA) is 66.8 Å². The molecule has 0 spiro atoms. The number of aliphatic carboxylic acids is 1. The van der Waals surface area contributed by atoms with E-state index in [1.54, 1.807) is 0 Å². The number of hydrogen-bond acceptors (Lipinski definition) is 3. The van der Waals surface area contributed by atoms with Crippen LogP contribution in [0.1, 0.15) is 9.78 Å². The van der Waals surface area contributed by atoms with Crippen molar-refractivity contribution < 1.29 is 125 Å². The summed E-state index contributed by atoms with van der Waals surface area (Å²) in [6, 6.07) is 5.89. The fourth-order valence-corrected chi connectivity index (χ4v) is 0.779. The van der Waals surface area contributed by atoms with Crippen molar-refractivity contribution in [3.05, 3.63) is 24.3 Å². The third kappa shape index (κ3) is 7.48. The first-order valence-electron chi connectivity index (χ1n) is 3.78. The summed E-state index contributed by atoms with van der Waals surface area (Å²) in [4.78, 5) is 10.4. The Balaban J connectivity index is -0.000000211. The van der Waals surface area contributed by atoms with Gasteiger partial charge in [0.15, 0.2) is 6.10 Å². The number of hydrogen-bond donors (Lipinski definition) is 2. The van der Waals surface area contributed by atoms with Gasteiger partial charge in [-0.1, -0.05) is 0 Å². The molecule has 0 amide bonds. The van der Waals surface area contributed by atoms with E-state index in [1.807, 2.05) is 0 Å². The van der Waals surface area contributed by atoms with Gasteiger partial charge in [-0.3, -0.25) is 0 Å². The third-order valence-corrected chi connectivity index (χ3v) is 1.50. The van der Waals surface area contributed by atoms with E-state index in [1.165, 1.54) is 31.2 Å². The van der Waals surface area contributed by atoms with Gasteiger partial charge >= 0.3 is 109 Å². The van der Waals surface area contributed by atoms with E-state index >= 15 is 0 Å². The van der Waals surface area contributed by atoms with Crippen LogP contribution in [0, 0.1) is 0 Å². The van der Waals surface area contributed by atoms with Crippen LogP contribution in [0.25, 0.3) is 0 Å². The Morgan fingerprint density at radius 1 is 1.33 bits per heavy atom. The molecule has 6 heteroatoms. The molecule has 0 aliphatic carbocycles. The molecule has 1 unspecified atom stereocenters. The first-order valence-corrected chi connectivity index (χ1v) is 3.78. The maximum atomic E-state index is 10.4. The number of phenolic OH excluding ortho intramolecular Hbond substituents is 1. The van der Waals surface area contributed by atoms with Crippen molar-refractivity contribution in [1.82, 2.24) is 0 Å². The molecule has 0 saturated heterocycles. The molecule has 1 rings (SSSR count). The van der Waals surface area contributed by atoms with Gasteiger partial charge < -0.3 is 17.8 Å². The van der Waals surface area contributed by atoms with E-state index in [0.29, 0.717) is 5.75 Å². The molecule has 0 aliphatic heterocycles. The van der Waals surface area contributed by atoms with Crippen LogP contribution in [-0.4, -0.2) is 22.3 Å². The summed E-state index contributed by atoms with van der Waals surface area (Å²) in [5.41, 5.74) is 0. The normalized spacial score (nSPS) is 10.5. The number of phenols is 1. The fraction of sp³-hybridized carbons (Fsp3) is 0.222. The Morgan fingerprint density at radius 2 is 1.80 bits per heavy atom. The molecular formula is C9H12K2O4. The number of aromatic hydroxyl groups is 1. The van der Waals surface area contributed by atoms with Gasteiger partial charge in [-0.25, -0.2) is 4.79 Å². The molecule has 1 aromatic rings. The van der Waals surface area contributed by atoms with Crippen molar-refractivity contribution in [3.8, 4) is 11.5 Å². The summed E-state index contributed by atoms with van der Waals surface area (Å²) in [5, 5.41) is 17.5. The van der Waals surface area contributed by atoms with Crippen molar-refractivity contribution in [1.29, 1.82) is 0 Å². The Bertz CT molecular complexity index is 308. The predicted molar refractivity (Wildman–Crippen MR) is 48.1 cm³/mol. The number of rotatable bonds is 3. The first-order chi connectivity index (χ1) is 6.09. The summed E-state index contributed by atoms with van der Waals surface area (Å²) in [7, 11) is 0. The summed E-state index contributed by atoms with van der Waals surface area (Å²) >= 11 is 0. The fourth-order valence-electron chi connectivity index (χ4n) is 0.779. The van der Waals surface area contributed by atoms with E-state index in [4.69, 9.17) is 14.9 Å². The molecule has 0 saturated carbocycles. The Hall–Kier alpha value is 1.56. The number of carboxylic acids is 1. The van der Waals surface area contributed by atoms with Crippen LogP contribution in [0.15, 0.2) is 24.3 Å². The number of benzene rings is 1. The van der Waals surface area contributed by atoms with Crippen molar-refractivity contribution in [2.45, 2.75) is 13.0 Å². The average Bonchev–Trinajstić information content (AvgIpc) is 2.08. The van der Waals surface area contributed by atoms with Crippen LogP contribution in [0.5, 0.6) is 11.5 Å². The van der Waals surface area contributed by atoms with Crippen molar-refractivity contribution >= 4 is 5.97 Å². The Morgan fingerprint density at radius 3 is 2.20 bits per heavy atom. The molecule has 74 valence electrons. The quantitative estimate of drug-likeness (QED) is 0.539. The van der Waals surface area contributed by atoms with Gasteiger partial charge in [0.05, 0.1) is 0 Å². The largest absolute Gasteiger partial charge is 1.00 e. The van der Waals surface area contributed by atoms with Crippen LogP contribution in [0.2, 0.25) is 0 Å². The second-order valence-electron chi connectivity index (χ2n) is 2.59. The molecule has 0 fully saturated rings. The zero-order chi connectivity index (χ0) is 9.84. The van der Waals surface area contributed by atoms with Gasteiger partial charge in [-0.05, 0) is 31.2 Å². The summed E-state index contributed by atoms with van der Waals surface area (Å²) in [6.07, 6.45) is -0.885. The molecule has 0 heterocycles. The monoisotopic (exact) mass is 262 g/mol. The smallest absolute Gasteiger partial charge is 1.00 e. The van der Waals surface area contributed by atoms with Gasteiger partial charge in [0.25, 0.3) is 0 Å². The van der Waals surface area contributed by atoms with Crippen LogP contribution >= 0.6 is 0 Å². The Kier molecular flexibility index (Phi) is 12.1. The van der Waals surface area contributed by atoms with Crippen molar-refractivity contribution in [3.63, 3.8) is 0 Å². The number of carboxylic acid groups (broad SMARTS) is 1. The van der Waals surface area contributed by atoms with E-state index < -0.39 is 12.1 Å². The first kappa shape index (κ1) is 18.9. The third-order valence-electron chi connectivity index (χ3n) is 1.50. The van der Waals surface area contributed by atoms with Crippen LogP contribution in [0.4, 0.5) is 0 Å². The van der Waals surface area contributed by atoms with Gasteiger partial charge in [0.1, 0.15) is 11.5 Å². The second-order valence-corrected chi connectivity index (χ2v) is 2.59. The zero-order valence-corrected chi connectivity index (χ0v) is 15.3. The van der Waals surface area contributed by atoms with Crippen molar-refractivity contribution in [2.75, 3.05) is 0 Å². The van der Waals surface area contributed by atoms with E-state index in [9.17, 15) is 4.79 Å². The molecule has 15 heavy (non-hydrogen) atoms. The molecular weight excluding hydrogens is 250 g/mol. The molecule has 0 aromatic heterocycles. The Labute approximate surface area is 176 Å². The number of ether oxygens (including phenoxy) is 1. The van der Waals surface area contributed by atoms with Gasteiger partial charge in [0, 0.05) is 0 Å². The maximum absolute atomic E-state index is 10.4. The SMILES string of the molecule is CC(Oc1ccc(O)cc1)C(=O)O.[H-].[H-].[K+].[K+]. The summed E-state index contributed by atoms with van der Waals surface area (Å²) in [5.74, 6) is -0.476. The maximum Gasteiger partial charge on any atom is 1.00 e. The van der Waals surface area contributed by atoms with E-state index in [-0.39, 0.29) is 111 Å². The number of carbonyl (C=O) groups is 1. The predicted octanol–water partition coefficient (Wildman–Crippen LogP) is -4.52. The molecule has 1 aromatic carbocycles. The molecule has 0 radical (unpaired) electrons. The van der Waals surface area contributed by atoms with Gasteiger partial charge in [0.2, 0.25) is 0 Å². The van der Waals surface area contributed by atoms with E-state index in [2.05, 4.69) is 0 Å². The van der Waals surface area contributed by atoms with Crippen LogP contribution in [-0.2, 0) is 4.79 Å². The summed E-state index contributed by atoms with van der Waals surface area (Å²) in [6.45, 7) is 1.44. The molecule has 0 aliphatic rings. The minimum Gasteiger partial charge on any atom is -1.00 e. The molecule has 2 N–H and O–H groups in total. The zero-order valence-electron chi connectivity index (χ0n) is 11.1. The molecule has 0 bridgehead atoms. The standard InChI is InChI=1S/C9H10O4.2K.2H/c1-6(9(11)12)13-8-4-2-7(10)3-5-8;;;;/h2-6,10H,1H3,(H,11,12);;;;/q;2*+1;2*-1. The van der Waals surface area contributed by atoms with Crippen molar-refractivity contribution in [2.24, 2.45) is 0 Å². The minimum absolute atomic E-state index is 0. The molecule has 1 atom stereocenters. The van der Waals surface area contributed by atoms with Crippen LogP contribution in [0.3, 0.4) is 0 Å². The van der Waals surface area contributed by atoms with Gasteiger partial charge in [-0.2, -0.15) is 0 Å². The minimum atomic E-state index is -1.02.